The van der Waals surface area contributed by atoms with Gasteiger partial charge in [-0.2, -0.15) is 0 Å². The highest BCUT2D eigenvalue weighted by atomic mass is 35.5. The van der Waals surface area contributed by atoms with E-state index in [1.165, 1.54) is 0 Å². The van der Waals surface area contributed by atoms with Crippen molar-refractivity contribution in [1.29, 1.82) is 0 Å². The smallest absolute Gasteiger partial charge is 0.169 e. The van der Waals surface area contributed by atoms with E-state index in [0.29, 0.717) is 6.54 Å². The van der Waals surface area contributed by atoms with Gasteiger partial charge in [0.1, 0.15) is 0 Å². The molecule has 0 aromatic rings. The number of rotatable bonds is 2. The van der Waals surface area contributed by atoms with Gasteiger partial charge in [-0.25, -0.2) is 4.39 Å². The summed E-state index contributed by atoms with van der Waals surface area (Å²) in [7, 11) is 1.74. The predicted octanol–water partition coefficient (Wildman–Crippen LogP) is 0.366. The normalized spacial score (nSPS) is 22.0. The van der Waals surface area contributed by atoms with Crippen LogP contribution in [-0.2, 0) is 4.74 Å². The molecule has 1 aliphatic heterocycles. The van der Waals surface area contributed by atoms with E-state index in [9.17, 15) is 4.39 Å². The fourth-order valence-corrected chi connectivity index (χ4v) is 0.742. The molecule has 0 bridgehead atoms. The third kappa shape index (κ3) is 2.08. The van der Waals surface area contributed by atoms with Crippen LogP contribution in [0.4, 0.5) is 4.39 Å². The number of alkyl halides is 1. The lowest BCUT2D eigenvalue weighted by atomic mass is 10.1. The third-order valence-electron chi connectivity index (χ3n) is 1.22. The standard InChI is InChI=1S/C5H10FNO.ClH/c1-7-2-5(6)3-8-4-5;/h7H,2-4H2,1H3;1H. The van der Waals surface area contributed by atoms with Crippen molar-refractivity contribution in [1.82, 2.24) is 5.32 Å². The van der Waals surface area contributed by atoms with Crippen LogP contribution in [0.15, 0.2) is 0 Å². The van der Waals surface area contributed by atoms with E-state index >= 15 is 0 Å². The molecule has 1 rings (SSSR count). The molecule has 0 aliphatic carbocycles. The molecule has 56 valence electrons. The highest BCUT2D eigenvalue weighted by Crippen LogP contribution is 2.19. The van der Waals surface area contributed by atoms with Crippen LogP contribution in [0.1, 0.15) is 0 Å². The third-order valence-corrected chi connectivity index (χ3v) is 1.22. The molecule has 4 heteroatoms. The van der Waals surface area contributed by atoms with Crippen molar-refractivity contribution in [3.63, 3.8) is 0 Å². The van der Waals surface area contributed by atoms with Gasteiger partial charge in [0.2, 0.25) is 0 Å². The lowest BCUT2D eigenvalue weighted by molar-refractivity contribution is -0.126. The first kappa shape index (κ1) is 9.14. The molecule has 0 aromatic carbocycles. The topological polar surface area (TPSA) is 21.3 Å². The first-order chi connectivity index (χ1) is 3.77. The van der Waals surface area contributed by atoms with Gasteiger partial charge in [0.05, 0.1) is 13.2 Å². The largest absolute Gasteiger partial charge is 0.375 e. The number of halogens is 2. The highest BCUT2D eigenvalue weighted by Gasteiger charge is 2.37. The molecule has 1 heterocycles. The second-order valence-electron chi connectivity index (χ2n) is 2.17. The Bertz CT molecular complexity index is 87.0. The number of ether oxygens (including phenoxy) is 1. The summed E-state index contributed by atoms with van der Waals surface area (Å²) < 4.78 is 17.4. The molecule has 0 unspecified atom stereocenters. The summed E-state index contributed by atoms with van der Waals surface area (Å²) in [6.07, 6.45) is 0. The summed E-state index contributed by atoms with van der Waals surface area (Å²) >= 11 is 0. The summed E-state index contributed by atoms with van der Waals surface area (Å²) in [5, 5.41) is 2.76. The van der Waals surface area contributed by atoms with Crippen LogP contribution in [0, 0.1) is 0 Å². The molecule has 0 amide bonds. The van der Waals surface area contributed by atoms with E-state index in [2.05, 4.69) is 10.1 Å². The average Bonchev–Trinajstić information content (AvgIpc) is 1.64. The van der Waals surface area contributed by atoms with Gasteiger partial charge in [0, 0.05) is 6.54 Å². The first-order valence-electron chi connectivity index (χ1n) is 2.68. The van der Waals surface area contributed by atoms with Crippen LogP contribution < -0.4 is 5.32 Å². The molecule has 1 saturated heterocycles. The highest BCUT2D eigenvalue weighted by molar-refractivity contribution is 5.85. The van der Waals surface area contributed by atoms with Crippen molar-refractivity contribution in [3.8, 4) is 0 Å². The van der Waals surface area contributed by atoms with E-state index in [1.54, 1.807) is 7.05 Å². The summed E-state index contributed by atoms with van der Waals surface area (Å²) in [6.45, 7) is 0.925. The Morgan fingerprint density at radius 3 is 2.33 bits per heavy atom. The number of hydrogen-bond donors (Lipinski definition) is 1. The molecule has 0 radical (unpaired) electrons. The maximum atomic E-state index is 12.7. The van der Waals surface area contributed by atoms with Gasteiger partial charge in [-0.05, 0) is 7.05 Å². The maximum absolute atomic E-state index is 12.7. The molecule has 1 aliphatic rings. The van der Waals surface area contributed by atoms with Gasteiger partial charge in [-0.1, -0.05) is 0 Å². The minimum atomic E-state index is -1.06. The van der Waals surface area contributed by atoms with E-state index in [-0.39, 0.29) is 25.6 Å². The molecule has 0 saturated carbocycles. The van der Waals surface area contributed by atoms with E-state index in [0.717, 1.165) is 0 Å². The van der Waals surface area contributed by atoms with Gasteiger partial charge in [-0.15, -0.1) is 12.4 Å². The zero-order valence-corrected chi connectivity index (χ0v) is 6.13. The van der Waals surface area contributed by atoms with E-state index in [1.807, 2.05) is 0 Å². The van der Waals surface area contributed by atoms with Gasteiger partial charge in [0.25, 0.3) is 0 Å². The van der Waals surface area contributed by atoms with Crippen molar-refractivity contribution in [3.05, 3.63) is 0 Å². The Hall–Kier alpha value is 0.140. The lowest BCUT2D eigenvalue weighted by Crippen LogP contribution is -2.51. The summed E-state index contributed by atoms with van der Waals surface area (Å²) in [6, 6.07) is 0. The lowest BCUT2D eigenvalue weighted by Gasteiger charge is -2.33. The van der Waals surface area contributed by atoms with Gasteiger partial charge < -0.3 is 10.1 Å². The Kier molecular flexibility index (Phi) is 3.40. The van der Waals surface area contributed by atoms with Gasteiger partial charge in [0.15, 0.2) is 5.67 Å². The Balaban J connectivity index is 0.000000640. The molecule has 2 nitrogen and oxygen atoms in total. The van der Waals surface area contributed by atoms with Gasteiger partial charge >= 0.3 is 0 Å². The maximum Gasteiger partial charge on any atom is 0.169 e. The SMILES string of the molecule is CNCC1(F)COC1.Cl. The average molecular weight is 156 g/mol. The predicted molar refractivity (Wildman–Crippen MR) is 35.8 cm³/mol. The fourth-order valence-electron chi connectivity index (χ4n) is 0.742. The second kappa shape index (κ2) is 3.34. The monoisotopic (exact) mass is 155 g/mol. The Morgan fingerprint density at radius 1 is 1.67 bits per heavy atom. The minimum Gasteiger partial charge on any atom is -0.375 e. The van der Waals surface area contributed by atoms with Crippen LogP contribution >= 0.6 is 12.4 Å². The Labute approximate surface area is 60.2 Å². The molecular weight excluding hydrogens is 145 g/mol. The molecule has 1 N–H and O–H groups in total. The molecular formula is C5H11ClFNO. The molecule has 0 aromatic heterocycles. The number of nitrogens with one attached hydrogen (secondary N) is 1. The summed E-state index contributed by atoms with van der Waals surface area (Å²) in [4.78, 5) is 0. The zero-order chi connectivity index (χ0) is 6.04. The van der Waals surface area contributed by atoms with Crippen LogP contribution in [0.5, 0.6) is 0 Å². The van der Waals surface area contributed by atoms with E-state index in [4.69, 9.17) is 0 Å². The van der Waals surface area contributed by atoms with Crippen molar-refractivity contribution in [2.24, 2.45) is 0 Å². The molecule has 1 fully saturated rings. The molecule has 0 spiro atoms. The van der Waals surface area contributed by atoms with Crippen molar-refractivity contribution in [2.75, 3.05) is 26.8 Å². The Morgan fingerprint density at radius 2 is 2.22 bits per heavy atom. The summed E-state index contributed by atoms with van der Waals surface area (Å²) in [5.41, 5.74) is -1.06. The van der Waals surface area contributed by atoms with Crippen molar-refractivity contribution in [2.45, 2.75) is 5.67 Å². The minimum absolute atomic E-state index is 0. The fraction of sp³-hybridized carbons (Fsp3) is 1.00. The van der Waals surface area contributed by atoms with Crippen LogP contribution in [-0.4, -0.2) is 32.5 Å². The zero-order valence-electron chi connectivity index (χ0n) is 5.32. The second-order valence-corrected chi connectivity index (χ2v) is 2.17. The van der Waals surface area contributed by atoms with E-state index < -0.39 is 5.67 Å². The van der Waals surface area contributed by atoms with Crippen molar-refractivity contribution < 1.29 is 9.13 Å². The van der Waals surface area contributed by atoms with Crippen LogP contribution in [0.3, 0.4) is 0 Å². The quantitative estimate of drug-likeness (QED) is 0.622. The first-order valence-corrected chi connectivity index (χ1v) is 2.68. The molecule has 0 atom stereocenters. The van der Waals surface area contributed by atoms with Gasteiger partial charge in [-0.3, -0.25) is 0 Å². The van der Waals surface area contributed by atoms with Crippen LogP contribution in [0.25, 0.3) is 0 Å². The number of hydrogen-bond acceptors (Lipinski definition) is 2. The van der Waals surface area contributed by atoms with Crippen LogP contribution in [0.2, 0.25) is 0 Å². The summed E-state index contributed by atoms with van der Waals surface area (Å²) in [5.74, 6) is 0. The molecule has 9 heavy (non-hydrogen) atoms. The van der Waals surface area contributed by atoms with Crippen molar-refractivity contribution >= 4 is 12.4 Å².